The van der Waals surface area contributed by atoms with E-state index in [1.807, 2.05) is 0 Å². The third kappa shape index (κ3) is 3.13. The molecule has 1 N–H and O–H groups in total. The van der Waals surface area contributed by atoms with E-state index in [2.05, 4.69) is 5.32 Å². The molecule has 1 saturated heterocycles. The fourth-order valence-corrected chi connectivity index (χ4v) is 3.06. The summed E-state index contributed by atoms with van der Waals surface area (Å²) in [5.74, 6) is 0.920. The summed E-state index contributed by atoms with van der Waals surface area (Å²) in [5.41, 5.74) is 1.03. The summed E-state index contributed by atoms with van der Waals surface area (Å²) in [6, 6.07) is 12.0. The van der Waals surface area contributed by atoms with Crippen LogP contribution in [-0.2, 0) is 4.74 Å². The minimum Gasteiger partial charge on any atom is -0.454 e. The van der Waals surface area contributed by atoms with Crippen molar-refractivity contribution in [3.05, 3.63) is 53.1 Å². The maximum absolute atomic E-state index is 12.2. The van der Waals surface area contributed by atoms with E-state index in [1.54, 1.807) is 42.5 Å². The van der Waals surface area contributed by atoms with Crippen molar-refractivity contribution < 1.29 is 23.8 Å². The van der Waals surface area contributed by atoms with Gasteiger partial charge in [0.1, 0.15) is 6.10 Å². The van der Waals surface area contributed by atoms with Gasteiger partial charge in [0.15, 0.2) is 11.5 Å². The summed E-state index contributed by atoms with van der Waals surface area (Å²) in [6.07, 6.45) is -0.930. The number of fused-ring (bicyclic) bond motifs is 1. The van der Waals surface area contributed by atoms with Crippen molar-refractivity contribution in [2.75, 3.05) is 24.8 Å². The first-order valence-corrected chi connectivity index (χ1v) is 8.40. The molecule has 2 heterocycles. The quantitative estimate of drug-likeness (QED) is 0.890. The second-order valence-electron chi connectivity index (χ2n) is 5.84. The van der Waals surface area contributed by atoms with Gasteiger partial charge in [0.05, 0.1) is 29.4 Å². The van der Waals surface area contributed by atoms with E-state index in [-0.39, 0.29) is 19.2 Å². The van der Waals surface area contributed by atoms with Crippen molar-refractivity contribution >= 4 is 29.3 Å². The summed E-state index contributed by atoms with van der Waals surface area (Å²) in [6.45, 7) is 0.679. The van der Waals surface area contributed by atoms with Crippen LogP contribution in [0.1, 0.15) is 10.4 Å². The Kier molecular flexibility index (Phi) is 4.30. The fourth-order valence-electron chi connectivity index (χ4n) is 2.84. The maximum atomic E-state index is 12.2. The normalized spacial score (nSPS) is 18.0. The molecule has 2 aromatic rings. The number of hydrogen-bond acceptors (Lipinski definition) is 5. The van der Waals surface area contributed by atoms with Gasteiger partial charge in [-0.25, -0.2) is 4.79 Å². The van der Waals surface area contributed by atoms with Crippen LogP contribution in [0, 0.1) is 0 Å². The lowest BCUT2D eigenvalue weighted by Gasteiger charge is -2.13. The van der Waals surface area contributed by atoms with Gasteiger partial charge in [0.2, 0.25) is 6.79 Å². The molecule has 2 amide bonds. The zero-order valence-corrected chi connectivity index (χ0v) is 14.4. The van der Waals surface area contributed by atoms with Gasteiger partial charge in [-0.05, 0) is 24.3 Å². The van der Waals surface area contributed by atoms with Gasteiger partial charge < -0.3 is 19.5 Å². The second-order valence-corrected chi connectivity index (χ2v) is 6.25. The molecule has 134 valence electrons. The Morgan fingerprint density at radius 3 is 2.85 bits per heavy atom. The monoisotopic (exact) mass is 374 g/mol. The van der Waals surface area contributed by atoms with Crippen LogP contribution in [0.4, 0.5) is 10.5 Å². The molecule has 0 saturated carbocycles. The van der Waals surface area contributed by atoms with E-state index < -0.39 is 12.2 Å². The highest BCUT2D eigenvalue weighted by Gasteiger charge is 2.33. The van der Waals surface area contributed by atoms with Gasteiger partial charge in [-0.1, -0.05) is 23.7 Å². The first-order valence-electron chi connectivity index (χ1n) is 8.02. The largest absolute Gasteiger partial charge is 0.454 e. The number of rotatable bonds is 4. The zero-order valence-electron chi connectivity index (χ0n) is 13.6. The highest BCUT2D eigenvalue weighted by atomic mass is 35.5. The number of carbonyl (C=O) groups excluding carboxylic acids is 2. The zero-order chi connectivity index (χ0) is 18.1. The topological polar surface area (TPSA) is 77.1 Å². The molecular weight excluding hydrogens is 360 g/mol. The highest BCUT2D eigenvalue weighted by Crippen LogP contribution is 2.36. The predicted octanol–water partition coefficient (Wildman–Crippen LogP) is 2.82. The third-order valence-corrected chi connectivity index (χ3v) is 4.48. The van der Waals surface area contributed by atoms with E-state index in [4.69, 9.17) is 25.8 Å². The Bertz CT molecular complexity index is 872. The lowest BCUT2D eigenvalue weighted by molar-refractivity contribution is 0.0916. The standard InChI is InChI=1S/C18H15ClN2O5/c19-14-4-2-1-3-13(14)17(22)20-8-12-9-21(18(23)26-12)11-5-6-15-16(7-11)25-10-24-15/h1-7,12H,8-10H2,(H,20,22)/t12-/m1/s1. The molecule has 0 bridgehead atoms. The summed E-state index contributed by atoms with van der Waals surface area (Å²) >= 11 is 6.01. The van der Waals surface area contributed by atoms with Gasteiger partial charge in [-0.15, -0.1) is 0 Å². The predicted molar refractivity (Wildman–Crippen MR) is 94.0 cm³/mol. The third-order valence-electron chi connectivity index (χ3n) is 4.15. The van der Waals surface area contributed by atoms with Crippen molar-refractivity contribution in [3.63, 3.8) is 0 Å². The molecule has 0 radical (unpaired) electrons. The number of anilines is 1. The number of ether oxygens (including phenoxy) is 3. The lowest BCUT2D eigenvalue weighted by atomic mass is 10.2. The maximum Gasteiger partial charge on any atom is 0.414 e. The fraction of sp³-hybridized carbons (Fsp3) is 0.222. The average molecular weight is 375 g/mol. The molecule has 0 aromatic heterocycles. The lowest BCUT2D eigenvalue weighted by Crippen LogP contribution is -2.34. The van der Waals surface area contributed by atoms with Gasteiger partial charge in [0.25, 0.3) is 5.91 Å². The van der Waals surface area contributed by atoms with Gasteiger partial charge in [0, 0.05) is 6.07 Å². The number of nitrogens with zero attached hydrogens (tertiary/aromatic N) is 1. The molecular formula is C18H15ClN2O5. The van der Waals surface area contributed by atoms with Crippen LogP contribution in [0.3, 0.4) is 0 Å². The Morgan fingerprint density at radius 1 is 1.19 bits per heavy atom. The smallest absolute Gasteiger partial charge is 0.414 e. The van der Waals surface area contributed by atoms with Crippen molar-refractivity contribution in [3.8, 4) is 11.5 Å². The molecule has 26 heavy (non-hydrogen) atoms. The molecule has 0 unspecified atom stereocenters. The molecule has 2 aromatic carbocycles. The Balaban J connectivity index is 1.39. The number of carbonyl (C=O) groups is 2. The van der Waals surface area contributed by atoms with E-state index in [1.165, 1.54) is 4.90 Å². The SMILES string of the molecule is O=C(NC[C@@H]1CN(c2ccc3c(c2)OCO3)C(=O)O1)c1ccccc1Cl. The highest BCUT2D eigenvalue weighted by molar-refractivity contribution is 6.33. The summed E-state index contributed by atoms with van der Waals surface area (Å²) < 4.78 is 15.9. The molecule has 1 atom stereocenters. The minimum absolute atomic E-state index is 0.167. The molecule has 2 aliphatic heterocycles. The number of amides is 2. The molecule has 8 heteroatoms. The number of halogens is 1. The molecule has 4 rings (SSSR count). The van der Waals surface area contributed by atoms with E-state index >= 15 is 0 Å². The molecule has 1 fully saturated rings. The van der Waals surface area contributed by atoms with Gasteiger partial charge in [-0.3, -0.25) is 9.69 Å². The van der Waals surface area contributed by atoms with Crippen molar-refractivity contribution in [2.45, 2.75) is 6.10 Å². The van der Waals surface area contributed by atoms with Crippen molar-refractivity contribution in [1.29, 1.82) is 0 Å². The Hall–Kier alpha value is -2.93. The summed E-state index contributed by atoms with van der Waals surface area (Å²) in [4.78, 5) is 25.8. The van der Waals surface area contributed by atoms with Crippen molar-refractivity contribution in [1.82, 2.24) is 5.32 Å². The molecule has 0 spiro atoms. The number of nitrogens with one attached hydrogen (secondary N) is 1. The summed E-state index contributed by atoms with van der Waals surface area (Å²) in [7, 11) is 0. The summed E-state index contributed by atoms with van der Waals surface area (Å²) in [5, 5.41) is 3.11. The van der Waals surface area contributed by atoms with Gasteiger partial charge in [-0.2, -0.15) is 0 Å². The van der Waals surface area contributed by atoms with Crippen LogP contribution in [-0.4, -0.2) is 38.0 Å². The van der Waals surface area contributed by atoms with Gasteiger partial charge >= 0.3 is 6.09 Å². The average Bonchev–Trinajstić information content (AvgIpc) is 3.25. The van der Waals surface area contributed by atoms with Crippen LogP contribution in [0.25, 0.3) is 0 Å². The first kappa shape index (κ1) is 16.5. The molecule has 7 nitrogen and oxygen atoms in total. The van der Waals surface area contributed by atoms with Crippen LogP contribution in [0.15, 0.2) is 42.5 Å². The number of cyclic esters (lactones) is 1. The van der Waals surface area contributed by atoms with E-state index in [0.29, 0.717) is 34.3 Å². The molecule has 2 aliphatic rings. The van der Waals surface area contributed by atoms with E-state index in [9.17, 15) is 9.59 Å². The van der Waals surface area contributed by atoms with Crippen LogP contribution < -0.4 is 19.7 Å². The second kappa shape index (κ2) is 6.76. The number of hydrogen-bond donors (Lipinski definition) is 1. The molecule has 0 aliphatic carbocycles. The Labute approximate surface area is 154 Å². The van der Waals surface area contributed by atoms with Crippen molar-refractivity contribution in [2.24, 2.45) is 0 Å². The van der Waals surface area contributed by atoms with Crippen LogP contribution in [0.5, 0.6) is 11.5 Å². The van der Waals surface area contributed by atoms with E-state index in [0.717, 1.165) is 0 Å². The number of benzene rings is 2. The first-order chi connectivity index (χ1) is 12.6. The van der Waals surface area contributed by atoms with Crippen LogP contribution in [0.2, 0.25) is 5.02 Å². The Morgan fingerprint density at radius 2 is 2.00 bits per heavy atom. The van der Waals surface area contributed by atoms with Crippen LogP contribution >= 0.6 is 11.6 Å². The minimum atomic E-state index is -0.471.